The molecule has 2 N–H and O–H groups in total. The number of H-pyrrole nitrogens is 1. The summed E-state index contributed by atoms with van der Waals surface area (Å²) in [4.78, 5) is 29.0. The smallest absolute Gasteiger partial charge is 0.307 e. The second kappa shape index (κ2) is 3.77. The third kappa shape index (κ3) is 1.79. The lowest BCUT2D eigenvalue weighted by Crippen LogP contribution is -2.11. The van der Waals surface area contributed by atoms with Crippen molar-refractivity contribution in [2.75, 3.05) is 0 Å². The number of carbonyl (C=O) groups is 1. The second-order valence-corrected chi connectivity index (χ2v) is 3.54. The fourth-order valence-electron chi connectivity index (χ4n) is 1.64. The summed E-state index contributed by atoms with van der Waals surface area (Å²) in [5, 5.41) is 9.17. The van der Waals surface area contributed by atoms with Crippen molar-refractivity contribution in [3.8, 4) is 0 Å². The molecule has 1 aromatic carbocycles. The first-order valence-electron chi connectivity index (χ1n) is 4.78. The lowest BCUT2D eigenvalue weighted by Gasteiger charge is -2.03. The number of aliphatic carboxylic acids is 1. The highest BCUT2D eigenvalue weighted by atomic mass is 16.4. The molecule has 0 spiro atoms. The van der Waals surface area contributed by atoms with Gasteiger partial charge in [-0.2, -0.15) is 0 Å². The summed E-state index contributed by atoms with van der Waals surface area (Å²) in [5.41, 5.74) is 0.778. The van der Waals surface area contributed by atoms with Gasteiger partial charge in [0.25, 0.3) is 5.56 Å². The van der Waals surface area contributed by atoms with Crippen LogP contribution in [0.2, 0.25) is 0 Å². The van der Waals surface area contributed by atoms with Crippen LogP contribution in [-0.2, 0) is 11.2 Å². The molecule has 5 nitrogen and oxygen atoms in total. The first kappa shape index (κ1) is 10.4. The standard InChI is InChI=1S/C11H10N2O3/c1-6-12-10-7(5-9(14)15)3-2-4-8(10)11(16)13-6/h2-4H,5H2,1H3,(H,14,15)(H,12,13,16). The molecule has 82 valence electrons. The third-order valence-corrected chi connectivity index (χ3v) is 2.28. The van der Waals surface area contributed by atoms with Gasteiger partial charge in [-0.05, 0) is 18.6 Å². The van der Waals surface area contributed by atoms with Crippen LogP contribution in [0.25, 0.3) is 10.9 Å². The largest absolute Gasteiger partial charge is 0.481 e. The number of carboxylic acids is 1. The molecule has 0 saturated carbocycles. The summed E-state index contributed by atoms with van der Waals surface area (Å²) in [5.74, 6) is -0.456. The van der Waals surface area contributed by atoms with Crippen LogP contribution in [0.1, 0.15) is 11.4 Å². The van der Waals surface area contributed by atoms with E-state index in [1.165, 1.54) is 0 Å². The normalized spacial score (nSPS) is 10.6. The summed E-state index contributed by atoms with van der Waals surface area (Å²) < 4.78 is 0. The average Bonchev–Trinajstić information content (AvgIpc) is 2.18. The first-order valence-corrected chi connectivity index (χ1v) is 4.78. The van der Waals surface area contributed by atoms with Crippen LogP contribution in [0.15, 0.2) is 23.0 Å². The van der Waals surface area contributed by atoms with Gasteiger partial charge in [-0.1, -0.05) is 12.1 Å². The number of nitrogens with zero attached hydrogens (tertiary/aromatic N) is 1. The number of aryl methyl sites for hydroxylation is 1. The molecule has 0 bridgehead atoms. The van der Waals surface area contributed by atoms with Crippen LogP contribution in [0, 0.1) is 6.92 Å². The van der Waals surface area contributed by atoms with Crippen molar-refractivity contribution in [1.82, 2.24) is 9.97 Å². The Hall–Kier alpha value is -2.17. The molecule has 0 fully saturated rings. The quantitative estimate of drug-likeness (QED) is 0.783. The van der Waals surface area contributed by atoms with E-state index in [9.17, 15) is 9.59 Å². The topological polar surface area (TPSA) is 83.0 Å². The number of benzene rings is 1. The van der Waals surface area contributed by atoms with E-state index in [1.54, 1.807) is 25.1 Å². The van der Waals surface area contributed by atoms with Crippen molar-refractivity contribution < 1.29 is 9.90 Å². The predicted octanol–water partition coefficient (Wildman–Crippen LogP) is 0.859. The zero-order valence-corrected chi connectivity index (χ0v) is 8.65. The number of rotatable bonds is 2. The number of aromatic amines is 1. The van der Waals surface area contributed by atoms with Gasteiger partial charge in [-0.15, -0.1) is 0 Å². The van der Waals surface area contributed by atoms with Gasteiger partial charge in [0.15, 0.2) is 0 Å². The Balaban J connectivity index is 2.76. The van der Waals surface area contributed by atoms with Crippen molar-refractivity contribution in [3.63, 3.8) is 0 Å². The molecule has 0 atom stereocenters. The number of hydrogen-bond donors (Lipinski definition) is 2. The van der Waals surface area contributed by atoms with Crippen LogP contribution >= 0.6 is 0 Å². The Morgan fingerprint density at radius 3 is 2.94 bits per heavy atom. The first-order chi connectivity index (χ1) is 7.58. The van der Waals surface area contributed by atoms with Gasteiger partial charge in [-0.25, -0.2) is 4.98 Å². The highest BCUT2D eigenvalue weighted by Crippen LogP contribution is 2.13. The van der Waals surface area contributed by atoms with E-state index in [4.69, 9.17) is 5.11 Å². The van der Waals surface area contributed by atoms with E-state index in [-0.39, 0.29) is 12.0 Å². The Kier molecular flexibility index (Phi) is 2.44. The Morgan fingerprint density at radius 2 is 2.25 bits per heavy atom. The molecule has 0 amide bonds. The third-order valence-electron chi connectivity index (χ3n) is 2.28. The molecule has 2 aromatic rings. The Bertz CT molecular complexity index is 616. The average molecular weight is 218 g/mol. The highest BCUT2D eigenvalue weighted by Gasteiger charge is 2.09. The van der Waals surface area contributed by atoms with Gasteiger partial charge in [0, 0.05) is 0 Å². The van der Waals surface area contributed by atoms with Crippen molar-refractivity contribution in [2.24, 2.45) is 0 Å². The molecular weight excluding hydrogens is 208 g/mol. The van der Waals surface area contributed by atoms with Crippen molar-refractivity contribution in [2.45, 2.75) is 13.3 Å². The number of para-hydroxylation sites is 1. The molecule has 2 rings (SSSR count). The lowest BCUT2D eigenvalue weighted by atomic mass is 10.1. The molecule has 1 heterocycles. The van der Waals surface area contributed by atoms with Crippen LogP contribution in [-0.4, -0.2) is 21.0 Å². The predicted molar refractivity (Wildman–Crippen MR) is 58.4 cm³/mol. The van der Waals surface area contributed by atoms with E-state index in [0.29, 0.717) is 22.3 Å². The van der Waals surface area contributed by atoms with Crippen molar-refractivity contribution >= 4 is 16.9 Å². The van der Waals surface area contributed by atoms with Crippen LogP contribution in [0.4, 0.5) is 0 Å². The van der Waals surface area contributed by atoms with Crippen LogP contribution in [0.3, 0.4) is 0 Å². The molecule has 0 radical (unpaired) electrons. The van der Waals surface area contributed by atoms with E-state index in [2.05, 4.69) is 9.97 Å². The number of fused-ring (bicyclic) bond motifs is 1. The molecule has 0 unspecified atom stereocenters. The Morgan fingerprint density at radius 1 is 1.50 bits per heavy atom. The Labute approximate surface area is 90.8 Å². The van der Waals surface area contributed by atoms with Gasteiger partial charge in [-0.3, -0.25) is 9.59 Å². The van der Waals surface area contributed by atoms with Gasteiger partial charge >= 0.3 is 5.97 Å². The SMILES string of the molecule is Cc1nc2c(CC(=O)O)cccc2c(=O)[nH]1. The maximum absolute atomic E-state index is 11.6. The zero-order chi connectivity index (χ0) is 11.7. The molecule has 5 heteroatoms. The van der Waals surface area contributed by atoms with Crippen molar-refractivity contribution in [1.29, 1.82) is 0 Å². The number of nitrogens with one attached hydrogen (secondary N) is 1. The fourth-order valence-corrected chi connectivity index (χ4v) is 1.64. The summed E-state index contributed by atoms with van der Waals surface area (Å²) in [6.07, 6.45) is -0.132. The minimum absolute atomic E-state index is 0.132. The van der Waals surface area contributed by atoms with E-state index < -0.39 is 5.97 Å². The second-order valence-electron chi connectivity index (χ2n) is 3.54. The minimum atomic E-state index is -0.938. The van der Waals surface area contributed by atoms with Gasteiger partial charge in [0.1, 0.15) is 5.82 Å². The highest BCUT2D eigenvalue weighted by molar-refractivity contribution is 5.84. The molecule has 0 saturated heterocycles. The summed E-state index contributed by atoms with van der Waals surface area (Å²) >= 11 is 0. The lowest BCUT2D eigenvalue weighted by molar-refractivity contribution is -0.136. The molecule has 0 aliphatic heterocycles. The van der Waals surface area contributed by atoms with Gasteiger partial charge in [0.2, 0.25) is 0 Å². The maximum Gasteiger partial charge on any atom is 0.307 e. The van der Waals surface area contributed by atoms with Crippen LogP contribution in [0.5, 0.6) is 0 Å². The fraction of sp³-hybridized carbons (Fsp3) is 0.182. The summed E-state index contributed by atoms with van der Waals surface area (Å²) in [7, 11) is 0. The summed E-state index contributed by atoms with van der Waals surface area (Å²) in [6.45, 7) is 1.67. The van der Waals surface area contributed by atoms with E-state index in [0.717, 1.165) is 0 Å². The molecule has 0 aliphatic carbocycles. The van der Waals surface area contributed by atoms with Crippen molar-refractivity contribution in [3.05, 3.63) is 39.9 Å². The molecule has 1 aromatic heterocycles. The van der Waals surface area contributed by atoms with E-state index >= 15 is 0 Å². The molecule has 0 aliphatic rings. The molecule has 16 heavy (non-hydrogen) atoms. The van der Waals surface area contributed by atoms with Crippen LogP contribution < -0.4 is 5.56 Å². The number of hydrogen-bond acceptors (Lipinski definition) is 3. The number of carboxylic acid groups (broad SMARTS) is 1. The zero-order valence-electron chi connectivity index (χ0n) is 8.65. The summed E-state index contributed by atoms with van der Waals surface area (Å²) in [6, 6.07) is 4.96. The van der Waals surface area contributed by atoms with Gasteiger partial charge in [0.05, 0.1) is 17.3 Å². The van der Waals surface area contributed by atoms with E-state index in [1.807, 2.05) is 0 Å². The maximum atomic E-state index is 11.6. The number of aromatic nitrogens is 2. The molecular formula is C11H10N2O3. The minimum Gasteiger partial charge on any atom is -0.481 e. The monoisotopic (exact) mass is 218 g/mol. The van der Waals surface area contributed by atoms with Gasteiger partial charge < -0.3 is 10.1 Å².